The SMILES string of the molecule is CC(C)C1=Cc2c(cccc2C(C)(C)C)C1. The highest BCUT2D eigenvalue weighted by Gasteiger charge is 2.23. The van der Waals surface area contributed by atoms with Gasteiger partial charge < -0.3 is 0 Å². The molecule has 0 nitrogen and oxygen atoms in total. The van der Waals surface area contributed by atoms with E-state index in [0.717, 1.165) is 6.42 Å². The van der Waals surface area contributed by atoms with Crippen molar-refractivity contribution in [1.29, 1.82) is 0 Å². The van der Waals surface area contributed by atoms with E-state index in [1.807, 2.05) is 0 Å². The molecule has 0 aromatic heterocycles. The lowest BCUT2D eigenvalue weighted by Gasteiger charge is -2.22. The summed E-state index contributed by atoms with van der Waals surface area (Å²) in [7, 11) is 0. The Kier molecular flexibility index (Phi) is 2.69. The molecule has 0 bridgehead atoms. The lowest BCUT2D eigenvalue weighted by Crippen LogP contribution is -2.13. The Hall–Kier alpha value is -1.04. The van der Waals surface area contributed by atoms with Crippen LogP contribution in [0.15, 0.2) is 23.8 Å². The van der Waals surface area contributed by atoms with Gasteiger partial charge in [0.05, 0.1) is 0 Å². The molecule has 0 fully saturated rings. The zero-order chi connectivity index (χ0) is 11.9. The van der Waals surface area contributed by atoms with Crippen molar-refractivity contribution in [2.75, 3.05) is 0 Å². The van der Waals surface area contributed by atoms with Crippen molar-refractivity contribution < 1.29 is 0 Å². The lowest BCUT2D eigenvalue weighted by molar-refractivity contribution is 0.588. The van der Waals surface area contributed by atoms with Gasteiger partial charge in [-0.1, -0.05) is 64.5 Å². The van der Waals surface area contributed by atoms with E-state index in [0.29, 0.717) is 5.92 Å². The van der Waals surface area contributed by atoms with Gasteiger partial charge in [0.2, 0.25) is 0 Å². The summed E-state index contributed by atoms with van der Waals surface area (Å²) in [6.45, 7) is 11.5. The molecule has 86 valence electrons. The summed E-state index contributed by atoms with van der Waals surface area (Å²) >= 11 is 0. The van der Waals surface area contributed by atoms with Gasteiger partial charge in [0, 0.05) is 0 Å². The van der Waals surface area contributed by atoms with Crippen LogP contribution in [-0.4, -0.2) is 0 Å². The van der Waals surface area contributed by atoms with Gasteiger partial charge in [-0.2, -0.15) is 0 Å². The van der Waals surface area contributed by atoms with Crippen LogP contribution in [0.5, 0.6) is 0 Å². The van der Waals surface area contributed by atoms with Crippen LogP contribution in [0.4, 0.5) is 0 Å². The molecule has 1 aliphatic rings. The normalized spacial score (nSPS) is 15.2. The molecule has 1 aromatic carbocycles. The molecule has 1 aromatic rings. The fourth-order valence-corrected chi connectivity index (χ4v) is 2.42. The standard InChI is InChI=1S/C16H22/c1-11(2)13-9-12-7-6-8-15(14(12)10-13)16(3,4)5/h6-8,10-11H,9H2,1-5H3. The van der Waals surface area contributed by atoms with Crippen LogP contribution < -0.4 is 0 Å². The summed E-state index contributed by atoms with van der Waals surface area (Å²) in [4.78, 5) is 0. The number of benzene rings is 1. The minimum Gasteiger partial charge on any atom is -0.0626 e. The highest BCUT2D eigenvalue weighted by atomic mass is 14.3. The summed E-state index contributed by atoms with van der Waals surface area (Å²) in [5.74, 6) is 0.667. The average Bonchev–Trinajstić information content (AvgIpc) is 2.58. The van der Waals surface area contributed by atoms with Crippen LogP contribution in [0.25, 0.3) is 6.08 Å². The van der Waals surface area contributed by atoms with Crippen molar-refractivity contribution in [3.05, 3.63) is 40.5 Å². The highest BCUT2D eigenvalue weighted by molar-refractivity contribution is 5.68. The van der Waals surface area contributed by atoms with E-state index in [2.05, 4.69) is 58.9 Å². The Balaban J connectivity index is 2.50. The molecule has 0 unspecified atom stereocenters. The van der Waals surface area contributed by atoms with Crippen molar-refractivity contribution in [2.24, 2.45) is 5.92 Å². The number of rotatable bonds is 1. The smallest absolute Gasteiger partial charge is 0.00552 e. The largest absolute Gasteiger partial charge is 0.0626 e. The fourth-order valence-electron chi connectivity index (χ4n) is 2.42. The van der Waals surface area contributed by atoms with E-state index >= 15 is 0 Å². The molecule has 0 radical (unpaired) electrons. The Morgan fingerprint density at radius 2 is 1.81 bits per heavy atom. The minimum atomic E-state index is 0.244. The Morgan fingerprint density at radius 3 is 2.38 bits per heavy atom. The second kappa shape index (κ2) is 3.76. The van der Waals surface area contributed by atoms with E-state index in [-0.39, 0.29) is 5.41 Å². The van der Waals surface area contributed by atoms with E-state index < -0.39 is 0 Å². The van der Waals surface area contributed by atoms with Crippen LogP contribution in [0.3, 0.4) is 0 Å². The van der Waals surface area contributed by atoms with Crippen molar-refractivity contribution in [2.45, 2.75) is 46.5 Å². The monoisotopic (exact) mass is 214 g/mol. The van der Waals surface area contributed by atoms with Gasteiger partial charge in [-0.3, -0.25) is 0 Å². The molecule has 0 saturated heterocycles. The Bertz CT molecular complexity index is 428. The Morgan fingerprint density at radius 1 is 1.12 bits per heavy atom. The molecule has 2 rings (SSSR count). The van der Waals surface area contributed by atoms with E-state index in [1.54, 1.807) is 5.57 Å². The average molecular weight is 214 g/mol. The van der Waals surface area contributed by atoms with Gasteiger partial charge >= 0.3 is 0 Å². The third-order valence-corrected chi connectivity index (χ3v) is 3.47. The number of fused-ring (bicyclic) bond motifs is 1. The molecule has 0 heterocycles. The molecule has 0 heteroatoms. The molecule has 0 saturated carbocycles. The highest BCUT2D eigenvalue weighted by Crippen LogP contribution is 2.36. The van der Waals surface area contributed by atoms with E-state index in [9.17, 15) is 0 Å². The molecule has 0 amide bonds. The molecule has 0 atom stereocenters. The first-order chi connectivity index (χ1) is 7.39. The van der Waals surface area contributed by atoms with Gasteiger partial charge in [0.15, 0.2) is 0 Å². The summed E-state index contributed by atoms with van der Waals surface area (Å²) in [5, 5.41) is 0. The van der Waals surface area contributed by atoms with Crippen molar-refractivity contribution in [3.63, 3.8) is 0 Å². The van der Waals surface area contributed by atoms with Crippen molar-refractivity contribution in [3.8, 4) is 0 Å². The molecule has 1 aliphatic carbocycles. The van der Waals surface area contributed by atoms with Crippen LogP contribution in [0.2, 0.25) is 0 Å². The minimum absolute atomic E-state index is 0.244. The van der Waals surface area contributed by atoms with Crippen LogP contribution in [0.1, 0.15) is 51.3 Å². The maximum Gasteiger partial charge on any atom is -0.00552 e. The number of allylic oxidation sites excluding steroid dienone is 1. The van der Waals surface area contributed by atoms with Gasteiger partial charge in [-0.05, 0) is 34.4 Å². The molecule has 0 N–H and O–H groups in total. The molecule has 16 heavy (non-hydrogen) atoms. The summed E-state index contributed by atoms with van der Waals surface area (Å²) in [6.07, 6.45) is 3.57. The van der Waals surface area contributed by atoms with Crippen LogP contribution in [-0.2, 0) is 11.8 Å². The van der Waals surface area contributed by atoms with Crippen LogP contribution >= 0.6 is 0 Å². The van der Waals surface area contributed by atoms with E-state index in [1.165, 1.54) is 16.7 Å². The fraction of sp³-hybridized carbons (Fsp3) is 0.500. The second-order valence-corrected chi connectivity index (χ2v) is 6.18. The Labute approximate surface area is 99.4 Å². The molecular formula is C16H22. The molecule has 0 spiro atoms. The zero-order valence-electron chi connectivity index (χ0n) is 11.1. The van der Waals surface area contributed by atoms with Gasteiger partial charge in [0.25, 0.3) is 0 Å². The predicted octanol–water partition coefficient (Wildman–Crippen LogP) is 4.58. The van der Waals surface area contributed by atoms with Crippen LogP contribution in [0, 0.1) is 5.92 Å². The first kappa shape index (κ1) is 11.4. The zero-order valence-corrected chi connectivity index (χ0v) is 11.1. The van der Waals surface area contributed by atoms with Crippen molar-refractivity contribution >= 4 is 6.08 Å². The second-order valence-electron chi connectivity index (χ2n) is 6.18. The quantitative estimate of drug-likeness (QED) is 0.642. The van der Waals surface area contributed by atoms with Crippen molar-refractivity contribution in [1.82, 2.24) is 0 Å². The summed E-state index contributed by atoms with van der Waals surface area (Å²) in [6, 6.07) is 6.76. The predicted molar refractivity (Wildman–Crippen MR) is 71.7 cm³/mol. The van der Waals surface area contributed by atoms with Gasteiger partial charge in [-0.15, -0.1) is 0 Å². The maximum atomic E-state index is 2.42. The van der Waals surface area contributed by atoms with E-state index in [4.69, 9.17) is 0 Å². The third kappa shape index (κ3) is 1.93. The lowest BCUT2D eigenvalue weighted by atomic mass is 9.83. The number of hydrogen-bond acceptors (Lipinski definition) is 0. The van der Waals surface area contributed by atoms with Gasteiger partial charge in [-0.25, -0.2) is 0 Å². The maximum absolute atomic E-state index is 2.42. The summed E-state index contributed by atoms with van der Waals surface area (Å²) < 4.78 is 0. The topological polar surface area (TPSA) is 0 Å². The first-order valence-corrected chi connectivity index (χ1v) is 6.22. The number of hydrogen-bond donors (Lipinski definition) is 0. The first-order valence-electron chi connectivity index (χ1n) is 6.22. The summed E-state index contributed by atoms with van der Waals surface area (Å²) in [5.41, 5.74) is 6.30. The molecule has 0 aliphatic heterocycles. The van der Waals surface area contributed by atoms with Gasteiger partial charge in [0.1, 0.15) is 0 Å². The molecular weight excluding hydrogens is 192 g/mol. The third-order valence-electron chi connectivity index (χ3n) is 3.47.